The van der Waals surface area contributed by atoms with Crippen molar-refractivity contribution in [1.29, 1.82) is 0 Å². The van der Waals surface area contributed by atoms with Crippen molar-refractivity contribution in [3.05, 3.63) is 70.4 Å². The van der Waals surface area contributed by atoms with E-state index < -0.39 is 0 Å². The fourth-order valence-electron chi connectivity index (χ4n) is 2.44. The van der Waals surface area contributed by atoms with Crippen molar-refractivity contribution in [1.82, 2.24) is 0 Å². The van der Waals surface area contributed by atoms with Crippen LogP contribution in [0.1, 0.15) is 13.3 Å². The number of fused-ring (bicyclic) bond motifs is 1. The molecule has 2 unspecified atom stereocenters. The van der Waals surface area contributed by atoms with E-state index in [0.29, 0.717) is 5.92 Å². The average molecular weight is 226 g/mol. The highest BCUT2D eigenvalue weighted by molar-refractivity contribution is 7.45. The van der Waals surface area contributed by atoms with E-state index in [-0.39, 0.29) is 0 Å². The van der Waals surface area contributed by atoms with Crippen molar-refractivity contribution >= 4 is 8.58 Å². The molecule has 0 nitrogen and oxygen atoms in total. The third-order valence-electron chi connectivity index (χ3n) is 3.30. The van der Waals surface area contributed by atoms with Crippen molar-refractivity contribution in [2.45, 2.75) is 13.3 Å². The van der Waals surface area contributed by atoms with Crippen LogP contribution in [-0.2, 0) is 0 Å². The Labute approximate surface area is 98.6 Å². The Morgan fingerprint density at radius 1 is 1.12 bits per heavy atom. The maximum atomic E-state index is 2.39. The zero-order chi connectivity index (χ0) is 11.0. The molecule has 3 aliphatic rings. The van der Waals surface area contributed by atoms with Gasteiger partial charge in [-0.1, -0.05) is 62.2 Å². The van der Waals surface area contributed by atoms with Gasteiger partial charge in [-0.2, -0.15) is 0 Å². The molecule has 0 radical (unpaired) electrons. The molecule has 0 aromatic rings. The Balaban J connectivity index is 2.03. The lowest BCUT2D eigenvalue weighted by atomic mass is 9.80. The molecule has 0 spiro atoms. The quantitative estimate of drug-likeness (QED) is 0.535. The molecule has 0 aromatic heterocycles. The molecule has 1 heterocycles. The van der Waals surface area contributed by atoms with Crippen LogP contribution in [0.2, 0.25) is 0 Å². The number of allylic oxidation sites excluding steroid dienone is 10. The van der Waals surface area contributed by atoms with Crippen LogP contribution < -0.4 is 0 Å². The van der Waals surface area contributed by atoms with Gasteiger partial charge in [0, 0.05) is 5.92 Å². The molecule has 1 aliphatic heterocycles. The SMILES string of the molecule is CC1=CC2CC3=C(C=CPC=C3)C=C2C=C1. The van der Waals surface area contributed by atoms with Crippen molar-refractivity contribution < 1.29 is 0 Å². The summed E-state index contributed by atoms with van der Waals surface area (Å²) in [7, 11) is 0.831. The predicted molar refractivity (Wildman–Crippen MR) is 72.7 cm³/mol. The zero-order valence-corrected chi connectivity index (χ0v) is 10.4. The maximum absolute atomic E-state index is 2.39. The molecule has 80 valence electrons. The third-order valence-corrected chi connectivity index (χ3v) is 4.02. The molecule has 16 heavy (non-hydrogen) atoms. The van der Waals surface area contributed by atoms with Crippen LogP contribution in [-0.4, -0.2) is 0 Å². The molecule has 0 fully saturated rings. The van der Waals surface area contributed by atoms with Gasteiger partial charge in [0.2, 0.25) is 0 Å². The highest BCUT2D eigenvalue weighted by Crippen LogP contribution is 2.37. The average Bonchev–Trinajstić information content (AvgIpc) is 2.50. The minimum absolute atomic E-state index is 0.600. The molecule has 1 heteroatoms. The van der Waals surface area contributed by atoms with E-state index in [9.17, 15) is 0 Å². The van der Waals surface area contributed by atoms with E-state index in [0.717, 1.165) is 15.0 Å². The van der Waals surface area contributed by atoms with E-state index in [1.54, 1.807) is 0 Å². The van der Waals surface area contributed by atoms with Crippen LogP contribution in [0.15, 0.2) is 70.4 Å². The first-order chi connectivity index (χ1) is 7.83. The first-order valence-corrected chi connectivity index (χ1v) is 6.89. The first kappa shape index (κ1) is 10.1. The molecule has 0 saturated heterocycles. The number of hydrogen-bond acceptors (Lipinski definition) is 0. The van der Waals surface area contributed by atoms with E-state index in [1.165, 1.54) is 22.3 Å². The van der Waals surface area contributed by atoms with Gasteiger partial charge in [-0.05, 0) is 30.1 Å². The van der Waals surface area contributed by atoms with Crippen LogP contribution >= 0.6 is 8.58 Å². The van der Waals surface area contributed by atoms with Crippen LogP contribution in [0, 0.1) is 5.92 Å². The summed E-state index contributed by atoms with van der Waals surface area (Å²) in [6.45, 7) is 2.18. The number of rotatable bonds is 0. The van der Waals surface area contributed by atoms with Crippen LogP contribution in [0.5, 0.6) is 0 Å². The summed E-state index contributed by atoms with van der Waals surface area (Å²) in [5.74, 6) is 5.15. The van der Waals surface area contributed by atoms with Gasteiger partial charge >= 0.3 is 0 Å². The lowest BCUT2D eigenvalue weighted by Crippen LogP contribution is -2.09. The monoisotopic (exact) mass is 226 g/mol. The Kier molecular flexibility index (Phi) is 2.53. The van der Waals surface area contributed by atoms with Gasteiger partial charge < -0.3 is 0 Å². The summed E-state index contributed by atoms with van der Waals surface area (Å²) in [6.07, 6.45) is 15.0. The van der Waals surface area contributed by atoms with Gasteiger partial charge in [0.15, 0.2) is 0 Å². The van der Waals surface area contributed by atoms with Gasteiger partial charge in [-0.3, -0.25) is 0 Å². The van der Waals surface area contributed by atoms with Crippen LogP contribution in [0.4, 0.5) is 0 Å². The molecular formula is C15H15P. The predicted octanol–water partition coefficient (Wildman–Crippen LogP) is 4.46. The normalized spacial score (nSPS) is 28.4. The van der Waals surface area contributed by atoms with Gasteiger partial charge in [-0.25, -0.2) is 0 Å². The Morgan fingerprint density at radius 3 is 2.94 bits per heavy atom. The van der Waals surface area contributed by atoms with Crippen molar-refractivity contribution in [2.24, 2.45) is 5.92 Å². The van der Waals surface area contributed by atoms with Gasteiger partial charge in [-0.15, -0.1) is 0 Å². The first-order valence-electron chi connectivity index (χ1n) is 5.73. The van der Waals surface area contributed by atoms with E-state index in [2.05, 4.69) is 55.0 Å². The lowest BCUT2D eigenvalue weighted by molar-refractivity contribution is 0.747. The minimum atomic E-state index is 0.600. The van der Waals surface area contributed by atoms with Gasteiger partial charge in [0.1, 0.15) is 0 Å². The van der Waals surface area contributed by atoms with E-state index in [4.69, 9.17) is 0 Å². The molecule has 0 saturated carbocycles. The maximum Gasteiger partial charge on any atom is 0.00645 e. The van der Waals surface area contributed by atoms with Crippen LogP contribution in [0.25, 0.3) is 0 Å². The Morgan fingerprint density at radius 2 is 2.00 bits per heavy atom. The van der Waals surface area contributed by atoms with E-state index >= 15 is 0 Å². The molecule has 2 aliphatic carbocycles. The van der Waals surface area contributed by atoms with Crippen molar-refractivity contribution in [3.63, 3.8) is 0 Å². The van der Waals surface area contributed by atoms with E-state index in [1.807, 2.05) is 0 Å². The molecule has 0 amide bonds. The molecule has 0 N–H and O–H groups in total. The Bertz CT molecular complexity index is 496. The summed E-state index contributed by atoms with van der Waals surface area (Å²) in [5, 5.41) is 0. The second-order valence-electron chi connectivity index (χ2n) is 4.51. The second-order valence-corrected chi connectivity index (χ2v) is 5.51. The fraction of sp³-hybridized carbons (Fsp3) is 0.200. The Hall–Kier alpha value is -1.13. The third kappa shape index (κ3) is 1.79. The summed E-state index contributed by atoms with van der Waals surface area (Å²) >= 11 is 0. The number of hydrogen-bond donors (Lipinski definition) is 0. The minimum Gasteiger partial charge on any atom is -0.0749 e. The second kappa shape index (κ2) is 4.03. The smallest absolute Gasteiger partial charge is 0.00645 e. The van der Waals surface area contributed by atoms with Gasteiger partial charge in [0.25, 0.3) is 0 Å². The summed E-state index contributed by atoms with van der Waals surface area (Å²) in [5.41, 5.74) is 5.76. The molecular weight excluding hydrogens is 211 g/mol. The molecule has 0 bridgehead atoms. The largest absolute Gasteiger partial charge is 0.0749 e. The van der Waals surface area contributed by atoms with Crippen molar-refractivity contribution in [2.75, 3.05) is 0 Å². The van der Waals surface area contributed by atoms with Crippen LogP contribution in [0.3, 0.4) is 0 Å². The van der Waals surface area contributed by atoms with Crippen molar-refractivity contribution in [3.8, 4) is 0 Å². The topological polar surface area (TPSA) is 0 Å². The molecule has 0 aromatic carbocycles. The lowest BCUT2D eigenvalue weighted by Gasteiger charge is -2.24. The summed E-state index contributed by atoms with van der Waals surface area (Å²) in [4.78, 5) is 0. The zero-order valence-electron chi connectivity index (χ0n) is 9.40. The fourth-order valence-corrected chi connectivity index (χ4v) is 3.13. The highest BCUT2D eigenvalue weighted by Gasteiger charge is 2.20. The van der Waals surface area contributed by atoms with Gasteiger partial charge in [0.05, 0.1) is 0 Å². The summed E-state index contributed by atoms with van der Waals surface area (Å²) < 4.78 is 0. The summed E-state index contributed by atoms with van der Waals surface area (Å²) in [6, 6.07) is 0. The standard InChI is InChI=1S/C15H15P/c1-11-2-3-12-9-13-4-6-16-7-5-14(13)10-15(12)8-11/h2-9,15-16H,10H2,1H3. The molecule has 3 rings (SSSR count). The molecule has 2 atom stereocenters. The highest BCUT2D eigenvalue weighted by atomic mass is 31.1.